The molecule has 1 aromatic carbocycles. The standard InChI is InChI=1S/C14H20N2O2/c1-10(9-17)15-14(18)16-13-8-4-6-11-5-2-3-7-12(11)13/h4,6,8,10,17H,2-3,5,7,9H2,1H3,(H2,15,16,18)/t10-/m1/s1. The Morgan fingerprint density at radius 2 is 2.17 bits per heavy atom. The lowest BCUT2D eigenvalue weighted by Gasteiger charge is -2.20. The van der Waals surface area contributed by atoms with Crippen LogP contribution >= 0.6 is 0 Å². The van der Waals surface area contributed by atoms with Crippen LogP contribution in [0.4, 0.5) is 10.5 Å². The van der Waals surface area contributed by atoms with Crippen LogP contribution in [0.1, 0.15) is 30.9 Å². The number of aryl methyl sites for hydroxylation is 1. The molecule has 0 radical (unpaired) electrons. The first-order valence-corrected chi connectivity index (χ1v) is 6.50. The zero-order chi connectivity index (χ0) is 13.0. The molecular formula is C14H20N2O2. The highest BCUT2D eigenvalue weighted by Gasteiger charge is 2.14. The van der Waals surface area contributed by atoms with E-state index in [0.29, 0.717) is 0 Å². The number of hydrogen-bond acceptors (Lipinski definition) is 2. The molecule has 3 N–H and O–H groups in total. The molecule has 0 bridgehead atoms. The van der Waals surface area contributed by atoms with Gasteiger partial charge in [0, 0.05) is 5.69 Å². The van der Waals surface area contributed by atoms with Gasteiger partial charge in [0.25, 0.3) is 0 Å². The minimum atomic E-state index is -0.254. The van der Waals surface area contributed by atoms with Gasteiger partial charge in [0.05, 0.1) is 12.6 Å². The van der Waals surface area contributed by atoms with Gasteiger partial charge >= 0.3 is 6.03 Å². The van der Waals surface area contributed by atoms with E-state index >= 15 is 0 Å². The van der Waals surface area contributed by atoms with Crippen molar-refractivity contribution in [3.05, 3.63) is 29.3 Å². The summed E-state index contributed by atoms with van der Waals surface area (Å²) in [6.07, 6.45) is 4.53. The van der Waals surface area contributed by atoms with Gasteiger partial charge in [-0.25, -0.2) is 4.79 Å². The fourth-order valence-electron chi connectivity index (χ4n) is 2.33. The maximum atomic E-state index is 11.7. The minimum Gasteiger partial charge on any atom is -0.394 e. The highest BCUT2D eigenvalue weighted by Crippen LogP contribution is 2.27. The molecule has 0 heterocycles. The molecule has 1 aliphatic carbocycles. The van der Waals surface area contributed by atoms with Gasteiger partial charge in [0.15, 0.2) is 0 Å². The van der Waals surface area contributed by atoms with Crippen LogP contribution < -0.4 is 10.6 Å². The molecule has 1 aliphatic rings. The molecular weight excluding hydrogens is 228 g/mol. The van der Waals surface area contributed by atoms with Crippen molar-refractivity contribution in [2.24, 2.45) is 0 Å². The molecule has 2 rings (SSSR count). The van der Waals surface area contributed by atoms with Crippen LogP contribution in [0.15, 0.2) is 18.2 Å². The lowest BCUT2D eigenvalue weighted by Crippen LogP contribution is -2.38. The quantitative estimate of drug-likeness (QED) is 0.767. The minimum absolute atomic E-state index is 0.0552. The van der Waals surface area contributed by atoms with Crippen molar-refractivity contribution in [2.45, 2.75) is 38.6 Å². The predicted molar refractivity (Wildman–Crippen MR) is 71.8 cm³/mol. The number of hydrogen-bond donors (Lipinski definition) is 3. The normalized spacial score (nSPS) is 15.7. The summed E-state index contributed by atoms with van der Waals surface area (Å²) in [7, 11) is 0. The molecule has 4 nitrogen and oxygen atoms in total. The summed E-state index contributed by atoms with van der Waals surface area (Å²) in [5, 5.41) is 14.5. The molecule has 1 atom stereocenters. The highest BCUT2D eigenvalue weighted by atomic mass is 16.3. The summed E-state index contributed by atoms with van der Waals surface area (Å²) in [6.45, 7) is 1.71. The Bertz CT molecular complexity index is 432. The number of carbonyl (C=O) groups is 1. The Hall–Kier alpha value is -1.55. The summed E-state index contributed by atoms with van der Waals surface area (Å²) in [5.41, 5.74) is 3.50. The Morgan fingerprint density at radius 3 is 2.94 bits per heavy atom. The summed E-state index contributed by atoms with van der Waals surface area (Å²) >= 11 is 0. The molecule has 1 aromatic rings. The molecule has 18 heavy (non-hydrogen) atoms. The lowest BCUT2D eigenvalue weighted by molar-refractivity contribution is 0.229. The first-order valence-electron chi connectivity index (χ1n) is 6.50. The van der Waals surface area contributed by atoms with Crippen molar-refractivity contribution < 1.29 is 9.90 Å². The highest BCUT2D eigenvalue weighted by molar-refractivity contribution is 5.90. The third-order valence-corrected chi connectivity index (χ3v) is 3.30. The van der Waals surface area contributed by atoms with Crippen molar-refractivity contribution in [3.63, 3.8) is 0 Å². The number of amides is 2. The topological polar surface area (TPSA) is 61.4 Å². The van der Waals surface area contributed by atoms with Crippen LogP contribution in [-0.4, -0.2) is 23.8 Å². The number of nitrogens with one attached hydrogen (secondary N) is 2. The van der Waals surface area contributed by atoms with Crippen LogP contribution in [-0.2, 0) is 12.8 Å². The van der Waals surface area contributed by atoms with E-state index in [1.54, 1.807) is 6.92 Å². The van der Waals surface area contributed by atoms with Crippen LogP contribution in [0.2, 0.25) is 0 Å². The maximum absolute atomic E-state index is 11.7. The van der Waals surface area contributed by atoms with Gasteiger partial charge in [-0.3, -0.25) is 0 Å². The van der Waals surface area contributed by atoms with Crippen molar-refractivity contribution in [3.8, 4) is 0 Å². The fraction of sp³-hybridized carbons (Fsp3) is 0.500. The Kier molecular flexibility index (Phi) is 4.20. The molecule has 0 aromatic heterocycles. The first kappa shape index (κ1) is 12.9. The van der Waals surface area contributed by atoms with Crippen LogP contribution in [0.5, 0.6) is 0 Å². The van der Waals surface area contributed by atoms with Crippen molar-refractivity contribution in [2.75, 3.05) is 11.9 Å². The summed E-state index contributed by atoms with van der Waals surface area (Å²) in [4.78, 5) is 11.7. The van der Waals surface area contributed by atoms with E-state index in [9.17, 15) is 4.79 Å². The van der Waals surface area contributed by atoms with E-state index in [1.807, 2.05) is 12.1 Å². The number of anilines is 1. The molecule has 98 valence electrons. The molecule has 0 spiro atoms. The van der Waals surface area contributed by atoms with E-state index in [2.05, 4.69) is 16.7 Å². The van der Waals surface area contributed by atoms with Gasteiger partial charge < -0.3 is 15.7 Å². The van der Waals surface area contributed by atoms with Crippen molar-refractivity contribution in [1.29, 1.82) is 0 Å². The molecule has 0 fully saturated rings. The second kappa shape index (κ2) is 5.87. The zero-order valence-electron chi connectivity index (χ0n) is 10.7. The number of carbonyl (C=O) groups excluding carboxylic acids is 1. The Balaban J connectivity index is 2.07. The van der Waals surface area contributed by atoms with Crippen LogP contribution in [0, 0.1) is 0 Å². The van der Waals surface area contributed by atoms with E-state index in [4.69, 9.17) is 5.11 Å². The SMILES string of the molecule is C[C@H](CO)NC(=O)Nc1cccc2c1CCCC2. The third-order valence-electron chi connectivity index (χ3n) is 3.30. The van der Waals surface area contributed by atoms with E-state index < -0.39 is 0 Å². The maximum Gasteiger partial charge on any atom is 0.319 e. The van der Waals surface area contributed by atoms with Crippen molar-refractivity contribution in [1.82, 2.24) is 5.32 Å². The van der Waals surface area contributed by atoms with Gasteiger partial charge in [0.1, 0.15) is 0 Å². The number of benzene rings is 1. The molecule has 0 saturated heterocycles. The Labute approximate surface area is 107 Å². The van der Waals surface area contributed by atoms with Crippen molar-refractivity contribution >= 4 is 11.7 Å². The average molecular weight is 248 g/mol. The third kappa shape index (κ3) is 3.01. The summed E-state index contributed by atoms with van der Waals surface area (Å²) in [6, 6.07) is 5.57. The number of rotatable bonds is 3. The molecule has 0 saturated carbocycles. The Morgan fingerprint density at radius 1 is 1.39 bits per heavy atom. The second-order valence-electron chi connectivity index (χ2n) is 4.83. The van der Waals surface area contributed by atoms with Gasteiger partial charge in [-0.05, 0) is 49.8 Å². The van der Waals surface area contributed by atoms with E-state index in [0.717, 1.165) is 18.5 Å². The monoisotopic (exact) mass is 248 g/mol. The summed E-state index contributed by atoms with van der Waals surface area (Å²) in [5.74, 6) is 0. The summed E-state index contributed by atoms with van der Waals surface area (Å²) < 4.78 is 0. The average Bonchev–Trinajstić information content (AvgIpc) is 2.39. The second-order valence-corrected chi connectivity index (χ2v) is 4.83. The number of aliphatic hydroxyl groups excluding tert-OH is 1. The van der Waals surface area contributed by atoms with Gasteiger partial charge in [-0.2, -0.15) is 0 Å². The smallest absolute Gasteiger partial charge is 0.319 e. The predicted octanol–water partition coefficient (Wildman–Crippen LogP) is 2.07. The van der Waals surface area contributed by atoms with Gasteiger partial charge in [-0.1, -0.05) is 12.1 Å². The van der Waals surface area contributed by atoms with Gasteiger partial charge in [0.2, 0.25) is 0 Å². The first-order chi connectivity index (χ1) is 8.70. The zero-order valence-corrected chi connectivity index (χ0v) is 10.7. The molecule has 0 aliphatic heterocycles. The van der Waals surface area contributed by atoms with Crippen LogP contribution in [0.3, 0.4) is 0 Å². The molecule has 2 amide bonds. The van der Waals surface area contributed by atoms with E-state index in [1.165, 1.54) is 24.0 Å². The largest absolute Gasteiger partial charge is 0.394 e. The van der Waals surface area contributed by atoms with Gasteiger partial charge in [-0.15, -0.1) is 0 Å². The molecule has 4 heteroatoms. The van der Waals surface area contributed by atoms with Crippen LogP contribution in [0.25, 0.3) is 0 Å². The lowest BCUT2D eigenvalue weighted by atomic mass is 9.90. The number of fused-ring (bicyclic) bond motifs is 1. The fourth-order valence-corrected chi connectivity index (χ4v) is 2.33. The van der Waals surface area contributed by atoms with E-state index in [-0.39, 0.29) is 18.7 Å². The molecule has 0 unspecified atom stereocenters. The number of urea groups is 1. The number of aliphatic hydroxyl groups is 1.